The molecule has 0 N–H and O–H groups in total. The number of oxazole rings is 1. The lowest BCUT2D eigenvalue weighted by Gasteiger charge is -2.26. The first kappa shape index (κ1) is 13.2. The Labute approximate surface area is 128 Å². The Balaban J connectivity index is 1.48. The van der Waals surface area contributed by atoms with Crippen LogP contribution in [-0.2, 0) is 19.5 Å². The van der Waals surface area contributed by atoms with Gasteiger partial charge in [-0.25, -0.2) is 15.0 Å². The minimum Gasteiger partial charge on any atom is -0.444 e. The van der Waals surface area contributed by atoms with Crippen LogP contribution in [0.1, 0.15) is 17.0 Å². The fourth-order valence-corrected chi connectivity index (χ4v) is 2.76. The fraction of sp³-hybridized carbons (Fsp3) is 0.235. The number of nitrogens with zero attached hydrogens (tertiary/aromatic N) is 4. The Hall–Kier alpha value is -2.53. The molecule has 3 aromatic rings. The molecule has 0 bridgehead atoms. The number of rotatable bonds is 3. The van der Waals surface area contributed by atoms with Crippen LogP contribution in [0.5, 0.6) is 0 Å². The van der Waals surface area contributed by atoms with Crippen molar-refractivity contribution in [1.82, 2.24) is 19.9 Å². The molecule has 0 spiro atoms. The van der Waals surface area contributed by atoms with Gasteiger partial charge in [0.15, 0.2) is 0 Å². The first-order valence-corrected chi connectivity index (χ1v) is 7.38. The first-order valence-electron chi connectivity index (χ1n) is 7.38. The molecule has 1 aliphatic heterocycles. The van der Waals surface area contributed by atoms with E-state index in [1.54, 1.807) is 12.6 Å². The van der Waals surface area contributed by atoms with Crippen LogP contribution in [0.4, 0.5) is 0 Å². The third-order valence-corrected chi connectivity index (χ3v) is 3.91. The summed E-state index contributed by atoms with van der Waals surface area (Å²) in [5.41, 5.74) is 4.33. The molecule has 0 aliphatic carbocycles. The van der Waals surface area contributed by atoms with E-state index >= 15 is 0 Å². The average molecular weight is 292 g/mol. The highest BCUT2D eigenvalue weighted by Gasteiger charge is 2.18. The van der Waals surface area contributed by atoms with Crippen LogP contribution in [0.2, 0.25) is 0 Å². The second-order valence-electron chi connectivity index (χ2n) is 5.47. The monoisotopic (exact) mass is 292 g/mol. The van der Waals surface area contributed by atoms with Gasteiger partial charge in [0.1, 0.15) is 12.6 Å². The molecule has 4 rings (SSSR count). The highest BCUT2D eigenvalue weighted by molar-refractivity contribution is 5.52. The smallest absolute Gasteiger partial charge is 0.226 e. The number of fused-ring (bicyclic) bond motifs is 1. The Morgan fingerprint density at radius 2 is 2.09 bits per heavy atom. The van der Waals surface area contributed by atoms with Gasteiger partial charge in [0.2, 0.25) is 5.89 Å². The van der Waals surface area contributed by atoms with Crippen molar-refractivity contribution in [2.45, 2.75) is 19.5 Å². The van der Waals surface area contributed by atoms with Crippen molar-refractivity contribution in [3.63, 3.8) is 0 Å². The topological polar surface area (TPSA) is 55.1 Å². The van der Waals surface area contributed by atoms with Gasteiger partial charge in [0, 0.05) is 31.4 Å². The summed E-state index contributed by atoms with van der Waals surface area (Å²) in [6.07, 6.45) is 6.27. The molecule has 2 aromatic heterocycles. The molecule has 5 heteroatoms. The third-order valence-electron chi connectivity index (χ3n) is 3.91. The van der Waals surface area contributed by atoms with Crippen molar-refractivity contribution < 1.29 is 4.42 Å². The molecular weight excluding hydrogens is 276 g/mol. The van der Waals surface area contributed by atoms with E-state index in [9.17, 15) is 0 Å². The zero-order valence-corrected chi connectivity index (χ0v) is 12.1. The van der Waals surface area contributed by atoms with Crippen LogP contribution in [0.15, 0.2) is 53.5 Å². The largest absolute Gasteiger partial charge is 0.444 e. The summed E-state index contributed by atoms with van der Waals surface area (Å²) in [7, 11) is 0. The number of benzene rings is 1. The van der Waals surface area contributed by atoms with Crippen LogP contribution in [0.3, 0.4) is 0 Å². The molecule has 110 valence electrons. The zero-order valence-electron chi connectivity index (χ0n) is 12.1. The normalized spacial score (nSPS) is 14.7. The highest BCUT2D eigenvalue weighted by Crippen LogP contribution is 2.21. The molecule has 0 radical (unpaired) electrons. The molecule has 1 aliphatic rings. The summed E-state index contributed by atoms with van der Waals surface area (Å²) in [5.74, 6) is 0.676. The number of hydrogen-bond donors (Lipinski definition) is 0. The average Bonchev–Trinajstić information content (AvgIpc) is 3.04. The second kappa shape index (κ2) is 5.69. The molecule has 3 heterocycles. The van der Waals surface area contributed by atoms with Gasteiger partial charge in [-0.2, -0.15) is 0 Å². The predicted molar refractivity (Wildman–Crippen MR) is 81.8 cm³/mol. The van der Waals surface area contributed by atoms with Gasteiger partial charge in [-0.05, 0) is 24.1 Å². The Kier molecular flexibility index (Phi) is 3.40. The molecule has 0 saturated carbocycles. The minimum atomic E-state index is 0.676. The maximum absolute atomic E-state index is 5.60. The quantitative estimate of drug-likeness (QED) is 0.743. The van der Waals surface area contributed by atoms with Crippen molar-refractivity contribution in [3.05, 3.63) is 66.1 Å². The number of hydrogen-bond acceptors (Lipinski definition) is 5. The van der Waals surface area contributed by atoms with Crippen LogP contribution >= 0.6 is 0 Å². The van der Waals surface area contributed by atoms with Crippen molar-refractivity contribution in [2.75, 3.05) is 6.54 Å². The Morgan fingerprint density at radius 3 is 3.00 bits per heavy atom. The molecule has 0 saturated heterocycles. The van der Waals surface area contributed by atoms with Crippen LogP contribution in [0.25, 0.3) is 11.5 Å². The molecule has 22 heavy (non-hydrogen) atoms. The minimum absolute atomic E-state index is 0.676. The molecule has 5 nitrogen and oxygen atoms in total. The van der Waals surface area contributed by atoms with Gasteiger partial charge in [0.05, 0.1) is 11.4 Å². The van der Waals surface area contributed by atoms with E-state index in [0.29, 0.717) is 5.89 Å². The van der Waals surface area contributed by atoms with E-state index in [-0.39, 0.29) is 0 Å². The molecule has 0 amide bonds. The van der Waals surface area contributed by atoms with E-state index in [1.807, 2.05) is 36.5 Å². The number of aromatic nitrogens is 3. The van der Waals surface area contributed by atoms with E-state index in [2.05, 4.69) is 19.9 Å². The Morgan fingerprint density at radius 1 is 1.18 bits per heavy atom. The van der Waals surface area contributed by atoms with E-state index in [4.69, 9.17) is 4.42 Å². The summed E-state index contributed by atoms with van der Waals surface area (Å²) < 4.78 is 5.60. The maximum Gasteiger partial charge on any atom is 0.226 e. The SMILES string of the molecule is c1ccc(-c2nc(CN3CCc4cncnc4C3)co2)cc1. The molecule has 0 fully saturated rings. The molecule has 0 unspecified atom stereocenters. The lowest BCUT2D eigenvalue weighted by molar-refractivity contribution is 0.238. The van der Waals surface area contributed by atoms with Crippen molar-refractivity contribution in [2.24, 2.45) is 0 Å². The lowest BCUT2D eigenvalue weighted by atomic mass is 10.1. The van der Waals surface area contributed by atoms with Crippen molar-refractivity contribution in [1.29, 1.82) is 0 Å². The van der Waals surface area contributed by atoms with Gasteiger partial charge in [0.25, 0.3) is 0 Å². The second-order valence-corrected chi connectivity index (χ2v) is 5.47. The summed E-state index contributed by atoms with van der Waals surface area (Å²) in [5, 5.41) is 0. The lowest BCUT2D eigenvalue weighted by Crippen LogP contribution is -2.30. The maximum atomic E-state index is 5.60. The van der Waals surface area contributed by atoms with Crippen molar-refractivity contribution >= 4 is 0 Å². The standard InChI is InChI=1S/C17H16N4O/c1-2-4-13(5-3-1)17-20-15(11-22-17)9-21-7-6-14-8-18-12-19-16(14)10-21/h1-5,8,11-12H,6-7,9-10H2. The van der Waals surface area contributed by atoms with Crippen molar-refractivity contribution in [3.8, 4) is 11.5 Å². The summed E-state index contributed by atoms with van der Waals surface area (Å²) in [6, 6.07) is 9.97. The predicted octanol–water partition coefficient (Wildman–Crippen LogP) is 2.69. The van der Waals surface area contributed by atoms with Gasteiger partial charge >= 0.3 is 0 Å². The van der Waals surface area contributed by atoms with Gasteiger partial charge in [-0.3, -0.25) is 4.90 Å². The Bertz CT molecular complexity index is 769. The van der Waals surface area contributed by atoms with Gasteiger partial charge in [-0.1, -0.05) is 18.2 Å². The molecule has 0 atom stereocenters. The van der Waals surface area contributed by atoms with E-state index < -0.39 is 0 Å². The van der Waals surface area contributed by atoms with Gasteiger partial charge < -0.3 is 4.42 Å². The van der Waals surface area contributed by atoms with Crippen LogP contribution in [0, 0.1) is 0 Å². The van der Waals surface area contributed by atoms with E-state index in [1.165, 1.54) is 5.56 Å². The van der Waals surface area contributed by atoms with Crippen LogP contribution in [-0.4, -0.2) is 26.4 Å². The summed E-state index contributed by atoms with van der Waals surface area (Å²) >= 11 is 0. The third kappa shape index (κ3) is 2.63. The molecule has 1 aromatic carbocycles. The van der Waals surface area contributed by atoms with E-state index in [0.717, 1.165) is 43.0 Å². The first-order chi connectivity index (χ1) is 10.9. The highest BCUT2D eigenvalue weighted by atomic mass is 16.3. The summed E-state index contributed by atoms with van der Waals surface area (Å²) in [4.78, 5) is 15.4. The van der Waals surface area contributed by atoms with Gasteiger partial charge in [-0.15, -0.1) is 0 Å². The fourth-order valence-electron chi connectivity index (χ4n) is 2.76. The zero-order chi connectivity index (χ0) is 14.8. The van der Waals surface area contributed by atoms with Crippen LogP contribution < -0.4 is 0 Å². The summed E-state index contributed by atoms with van der Waals surface area (Å²) in [6.45, 7) is 2.61. The molecular formula is C17H16N4O.